The number of carbonyl (C=O) groups is 3. The topological polar surface area (TPSA) is 162 Å². The van der Waals surface area contributed by atoms with Crippen molar-refractivity contribution < 1.29 is 44.7 Å². The Morgan fingerprint density at radius 2 is 1.68 bits per heavy atom. The van der Waals surface area contributed by atoms with Gasteiger partial charge in [-0.2, -0.15) is 0 Å². The molecule has 5 N–H and O–H groups in total. The summed E-state index contributed by atoms with van der Waals surface area (Å²) in [7, 11) is 0. The lowest BCUT2D eigenvalue weighted by Crippen LogP contribution is -2.42. The first-order valence-electron chi connectivity index (χ1n) is 5.76. The van der Waals surface area contributed by atoms with Crippen LogP contribution in [0, 0.1) is 0 Å². The molecule has 0 spiro atoms. The van der Waals surface area contributed by atoms with Gasteiger partial charge in [-0.15, -0.1) is 0 Å². The summed E-state index contributed by atoms with van der Waals surface area (Å²) >= 11 is 0. The Balaban J connectivity index is 2.78. The summed E-state index contributed by atoms with van der Waals surface area (Å²) in [6, 6.07) is 3.63. The molecule has 9 heteroatoms. The normalized spacial score (nSPS) is 13.5. The number of aliphatic hydroxyl groups excluding tert-OH is 1. The maximum atomic E-state index is 11.4. The molecule has 0 saturated carbocycles. The van der Waals surface area contributed by atoms with Gasteiger partial charge in [-0.25, -0.2) is 14.4 Å². The molecule has 0 radical (unpaired) electrons. The van der Waals surface area contributed by atoms with Crippen LogP contribution in [0.4, 0.5) is 0 Å². The van der Waals surface area contributed by atoms with Gasteiger partial charge in [0.15, 0.2) is 17.6 Å². The number of hydrogen-bond acceptors (Lipinski definition) is 7. The average Bonchev–Trinajstić information content (AvgIpc) is 2.44. The van der Waals surface area contributed by atoms with Gasteiger partial charge in [-0.3, -0.25) is 0 Å². The molecule has 0 aliphatic rings. The van der Waals surface area contributed by atoms with E-state index in [4.69, 9.17) is 20.4 Å². The summed E-state index contributed by atoms with van der Waals surface area (Å²) in [6.45, 7) is 0. The van der Waals surface area contributed by atoms with Crippen molar-refractivity contribution in [1.29, 1.82) is 0 Å². The van der Waals surface area contributed by atoms with E-state index in [0.717, 1.165) is 24.3 Å². The number of aliphatic carboxylic acids is 2. The van der Waals surface area contributed by atoms with Crippen molar-refractivity contribution in [3.63, 3.8) is 0 Å². The van der Waals surface area contributed by atoms with Gasteiger partial charge in [0, 0.05) is 6.08 Å². The van der Waals surface area contributed by atoms with Gasteiger partial charge >= 0.3 is 17.9 Å². The molecular weight excluding hydrogens is 300 g/mol. The van der Waals surface area contributed by atoms with Crippen LogP contribution in [0.5, 0.6) is 11.5 Å². The van der Waals surface area contributed by atoms with Gasteiger partial charge in [0.25, 0.3) is 0 Å². The number of benzene rings is 1. The molecule has 0 bridgehead atoms. The van der Waals surface area contributed by atoms with Crippen LogP contribution in [0.1, 0.15) is 5.56 Å². The van der Waals surface area contributed by atoms with Crippen molar-refractivity contribution in [3.05, 3.63) is 29.8 Å². The van der Waals surface area contributed by atoms with Gasteiger partial charge in [0.2, 0.25) is 6.10 Å². The number of hydrogen-bond donors (Lipinski definition) is 5. The number of carboxylic acids is 2. The molecule has 1 aromatic rings. The Morgan fingerprint density at radius 3 is 2.18 bits per heavy atom. The number of carboxylic acid groups (broad SMARTS) is 2. The lowest BCUT2D eigenvalue weighted by Gasteiger charge is -2.15. The summed E-state index contributed by atoms with van der Waals surface area (Å²) in [5.74, 6) is -5.68. The molecule has 9 nitrogen and oxygen atoms in total. The Bertz CT molecular complexity index is 620. The summed E-state index contributed by atoms with van der Waals surface area (Å²) in [5.41, 5.74) is 0.290. The lowest BCUT2D eigenvalue weighted by atomic mass is 10.2. The van der Waals surface area contributed by atoms with E-state index >= 15 is 0 Å². The zero-order valence-electron chi connectivity index (χ0n) is 10.9. The summed E-state index contributed by atoms with van der Waals surface area (Å²) in [5, 5.41) is 44.7. The smallest absolute Gasteiger partial charge is 0.348 e. The molecule has 0 fully saturated rings. The number of aliphatic hydroxyl groups is 1. The van der Waals surface area contributed by atoms with E-state index in [2.05, 4.69) is 4.74 Å². The van der Waals surface area contributed by atoms with E-state index in [1.54, 1.807) is 0 Å². The van der Waals surface area contributed by atoms with E-state index in [-0.39, 0.29) is 11.3 Å². The first-order chi connectivity index (χ1) is 10.2. The third kappa shape index (κ3) is 4.49. The molecule has 1 rings (SSSR count). The molecule has 2 atom stereocenters. The van der Waals surface area contributed by atoms with Crippen LogP contribution in [0.2, 0.25) is 0 Å². The second kappa shape index (κ2) is 7.09. The number of rotatable bonds is 6. The third-order valence-electron chi connectivity index (χ3n) is 2.44. The fraction of sp³-hybridized carbons (Fsp3) is 0.154. The van der Waals surface area contributed by atoms with Gasteiger partial charge in [-0.1, -0.05) is 6.07 Å². The number of esters is 1. The average molecular weight is 312 g/mol. The minimum atomic E-state index is -2.41. The highest BCUT2D eigenvalue weighted by atomic mass is 16.6. The van der Waals surface area contributed by atoms with Crippen molar-refractivity contribution >= 4 is 24.0 Å². The van der Waals surface area contributed by atoms with E-state index < -0.39 is 35.9 Å². The maximum absolute atomic E-state index is 11.4. The Hall–Kier alpha value is -3.07. The molecule has 0 aliphatic carbocycles. The molecule has 0 heterocycles. The fourth-order valence-corrected chi connectivity index (χ4v) is 1.35. The van der Waals surface area contributed by atoms with Crippen LogP contribution in [0.15, 0.2) is 24.3 Å². The van der Waals surface area contributed by atoms with E-state index in [1.165, 1.54) is 6.07 Å². The molecule has 0 unspecified atom stereocenters. The standard InChI is InChI=1S/C13H12O9/c14-7-3-1-6(5-8(7)15)2-4-9(16)22-11(13(20)21)10(17)12(18)19/h1-5,10-11,14-15,17H,(H,18,19)(H,20,21)/b4-2+/t10-,11-/m0/s1. The van der Waals surface area contributed by atoms with Crippen LogP contribution in [0.3, 0.4) is 0 Å². The van der Waals surface area contributed by atoms with Crippen molar-refractivity contribution in [2.75, 3.05) is 0 Å². The van der Waals surface area contributed by atoms with Crippen molar-refractivity contribution in [3.8, 4) is 11.5 Å². The number of phenolic OH excluding ortho intramolecular Hbond substituents is 2. The lowest BCUT2D eigenvalue weighted by molar-refractivity contribution is -0.176. The number of phenols is 2. The SMILES string of the molecule is O=C(/C=C/c1ccc(O)c(O)c1)O[C@H](C(=O)O)[C@H](O)C(=O)O. The Morgan fingerprint density at radius 1 is 1.05 bits per heavy atom. The number of aromatic hydroxyl groups is 2. The molecule has 118 valence electrons. The zero-order valence-corrected chi connectivity index (χ0v) is 10.9. The van der Waals surface area contributed by atoms with Crippen LogP contribution in [-0.4, -0.2) is 55.6 Å². The maximum Gasteiger partial charge on any atom is 0.348 e. The summed E-state index contributed by atoms with van der Waals surface area (Å²) in [6.07, 6.45) is -2.76. The minimum Gasteiger partial charge on any atom is -0.504 e. The van der Waals surface area contributed by atoms with Crippen LogP contribution < -0.4 is 0 Å². The molecule has 0 aromatic heterocycles. The Kier molecular flexibility index (Phi) is 5.47. The van der Waals surface area contributed by atoms with Gasteiger partial charge in [0.1, 0.15) is 0 Å². The second-order valence-corrected chi connectivity index (χ2v) is 4.06. The monoisotopic (exact) mass is 312 g/mol. The molecular formula is C13H12O9. The molecule has 0 aliphatic heterocycles. The van der Waals surface area contributed by atoms with Crippen LogP contribution >= 0.6 is 0 Å². The third-order valence-corrected chi connectivity index (χ3v) is 2.44. The highest BCUT2D eigenvalue weighted by Gasteiger charge is 2.35. The predicted molar refractivity (Wildman–Crippen MR) is 70.0 cm³/mol. The minimum absolute atomic E-state index is 0.290. The fourth-order valence-electron chi connectivity index (χ4n) is 1.35. The highest BCUT2D eigenvalue weighted by molar-refractivity contribution is 5.91. The predicted octanol–water partition coefficient (Wildman–Crippen LogP) is -0.447. The first kappa shape index (κ1) is 17.0. The van der Waals surface area contributed by atoms with Crippen LogP contribution in [-0.2, 0) is 19.1 Å². The summed E-state index contributed by atoms with van der Waals surface area (Å²) < 4.78 is 4.34. The van der Waals surface area contributed by atoms with E-state index in [0.29, 0.717) is 0 Å². The van der Waals surface area contributed by atoms with Crippen molar-refractivity contribution in [2.45, 2.75) is 12.2 Å². The Labute approximate surface area is 123 Å². The largest absolute Gasteiger partial charge is 0.504 e. The van der Waals surface area contributed by atoms with E-state index in [9.17, 15) is 19.5 Å². The molecule has 0 amide bonds. The van der Waals surface area contributed by atoms with Gasteiger partial charge < -0.3 is 30.3 Å². The summed E-state index contributed by atoms with van der Waals surface area (Å²) in [4.78, 5) is 32.7. The van der Waals surface area contributed by atoms with Crippen molar-refractivity contribution in [1.82, 2.24) is 0 Å². The highest BCUT2D eigenvalue weighted by Crippen LogP contribution is 2.25. The number of carbonyl (C=O) groups excluding carboxylic acids is 1. The number of ether oxygens (including phenoxy) is 1. The quantitative estimate of drug-likeness (QED) is 0.266. The molecule has 1 aromatic carbocycles. The second-order valence-electron chi connectivity index (χ2n) is 4.06. The van der Waals surface area contributed by atoms with E-state index in [1.807, 2.05) is 0 Å². The van der Waals surface area contributed by atoms with Gasteiger partial charge in [0.05, 0.1) is 0 Å². The van der Waals surface area contributed by atoms with Crippen molar-refractivity contribution in [2.24, 2.45) is 0 Å². The molecule has 22 heavy (non-hydrogen) atoms. The molecule has 0 saturated heterocycles. The van der Waals surface area contributed by atoms with Crippen LogP contribution in [0.25, 0.3) is 6.08 Å². The van der Waals surface area contributed by atoms with Gasteiger partial charge in [-0.05, 0) is 23.8 Å². The first-order valence-corrected chi connectivity index (χ1v) is 5.76. The zero-order chi connectivity index (χ0) is 16.9.